The fourth-order valence-corrected chi connectivity index (χ4v) is 5.01. The maximum Gasteiger partial charge on any atom is 0.254 e. The molecule has 0 spiro atoms. The van der Waals surface area contributed by atoms with E-state index in [1.807, 2.05) is 13.8 Å². The lowest BCUT2D eigenvalue weighted by atomic mass is 10.3. The summed E-state index contributed by atoms with van der Waals surface area (Å²) in [6, 6.07) is -0.0432. The van der Waals surface area contributed by atoms with Crippen molar-refractivity contribution in [3.05, 3.63) is 5.69 Å². The van der Waals surface area contributed by atoms with E-state index >= 15 is 0 Å². The van der Waals surface area contributed by atoms with Crippen molar-refractivity contribution in [3.63, 3.8) is 0 Å². The van der Waals surface area contributed by atoms with Crippen molar-refractivity contribution in [2.45, 2.75) is 43.9 Å². The second-order valence-electron chi connectivity index (χ2n) is 5.04. The first-order valence-corrected chi connectivity index (χ1v) is 8.32. The van der Waals surface area contributed by atoms with Gasteiger partial charge < -0.3 is 5.73 Å². The van der Waals surface area contributed by atoms with Gasteiger partial charge in [0.1, 0.15) is 0 Å². The second kappa shape index (κ2) is 4.79. The Hall–Kier alpha value is -0.660. The van der Waals surface area contributed by atoms with Gasteiger partial charge in [0.15, 0.2) is 9.34 Å². The third kappa shape index (κ3) is 2.67. The number of aryl methyl sites for hydroxylation is 1. The van der Waals surface area contributed by atoms with Gasteiger partial charge in [-0.2, -0.15) is 4.31 Å². The Morgan fingerprint density at radius 2 is 2.11 bits per heavy atom. The van der Waals surface area contributed by atoms with E-state index in [-0.39, 0.29) is 10.3 Å². The lowest BCUT2D eigenvalue weighted by Gasteiger charge is -2.25. The average Bonchev–Trinajstić information content (AvgIpc) is 2.99. The van der Waals surface area contributed by atoms with Gasteiger partial charge in [0.05, 0.1) is 5.69 Å². The molecule has 1 aromatic rings. The van der Waals surface area contributed by atoms with Crippen molar-refractivity contribution >= 4 is 26.5 Å². The molecule has 0 unspecified atom stereocenters. The first-order chi connectivity index (χ1) is 8.32. The van der Waals surface area contributed by atoms with Gasteiger partial charge in [0.2, 0.25) is 0 Å². The molecule has 1 aliphatic carbocycles. The highest BCUT2D eigenvalue weighted by molar-refractivity contribution is 7.91. The minimum atomic E-state index is -3.46. The predicted molar refractivity (Wildman–Crippen MR) is 73.0 cm³/mol. The van der Waals surface area contributed by atoms with Crippen molar-refractivity contribution in [2.24, 2.45) is 5.92 Å². The Kier molecular flexibility index (Phi) is 3.66. The summed E-state index contributed by atoms with van der Waals surface area (Å²) in [5.41, 5.74) is 6.09. The van der Waals surface area contributed by atoms with E-state index in [1.54, 1.807) is 11.2 Å². The number of hydrogen-bond donors (Lipinski definition) is 1. The lowest BCUT2D eigenvalue weighted by molar-refractivity contribution is 0.342. The first kappa shape index (κ1) is 13.8. The number of anilines is 1. The number of sulfonamides is 1. The van der Waals surface area contributed by atoms with Gasteiger partial charge in [-0.1, -0.05) is 11.3 Å². The Balaban J connectivity index is 2.34. The number of hydrogen-bond acceptors (Lipinski definition) is 5. The zero-order chi connectivity index (χ0) is 13.5. The van der Waals surface area contributed by atoms with Crippen molar-refractivity contribution in [1.29, 1.82) is 0 Å². The zero-order valence-electron chi connectivity index (χ0n) is 10.9. The molecule has 5 nitrogen and oxygen atoms in total. The van der Waals surface area contributed by atoms with Crippen LogP contribution >= 0.6 is 11.3 Å². The molecule has 0 bridgehead atoms. The summed E-state index contributed by atoms with van der Waals surface area (Å²) in [7, 11) is -3.46. The van der Waals surface area contributed by atoms with Gasteiger partial charge in [0.25, 0.3) is 10.0 Å². The molecule has 1 aliphatic rings. The third-order valence-electron chi connectivity index (χ3n) is 3.02. The minimum absolute atomic E-state index is 0.0432. The van der Waals surface area contributed by atoms with E-state index in [0.29, 0.717) is 23.3 Å². The van der Waals surface area contributed by atoms with Crippen molar-refractivity contribution in [2.75, 3.05) is 12.3 Å². The van der Waals surface area contributed by atoms with Crippen LogP contribution in [-0.2, 0) is 10.0 Å². The summed E-state index contributed by atoms with van der Waals surface area (Å²) in [6.07, 6.45) is 2.26. The number of nitrogens with two attached hydrogens (primary N) is 1. The van der Waals surface area contributed by atoms with Gasteiger partial charge >= 0.3 is 0 Å². The molecule has 18 heavy (non-hydrogen) atoms. The Bertz CT molecular complexity index is 532. The molecule has 0 atom stereocenters. The topological polar surface area (TPSA) is 76.3 Å². The SMILES string of the molecule is Cc1nc(N)sc1S(=O)(=O)N(CC1CC1)C(C)C. The van der Waals surface area contributed by atoms with Crippen molar-refractivity contribution in [3.8, 4) is 0 Å². The maximum absolute atomic E-state index is 12.6. The molecule has 1 saturated carbocycles. The van der Waals surface area contributed by atoms with Crippen LogP contribution < -0.4 is 5.73 Å². The highest BCUT2D eigenvalue weighted by Crippen LogP contribution is 2.34. The first-order valence-electron chi connectivity index (χ1n) is 6.07. The molecule has 0 amide bonds. The van der Waals surface area contributed by atoms with Crippen LogP contribution in [0.5, 0.6) is 0 Å². The van der Waals surface area contributed by atoms with Crippen LogP contribution in [0, 0.1) is 12.8 Å². The summed E-state index contributed by atoms with van der Waals surface area (Å²) in [6.45, 7) is 6.10. The summed E-state index contributed by atoms with van der Waals surface area (Å²) < 4.78 is 27.1. The molecule has 0 aromatic carbocycles. The minimum Gasteiger partial charge on any atom is -0.375 e. The molecular formula is C11H19N3O2S2. The van der Waals surface area contributed by atoms with E-state index in [4.69, 9.17) is 5.73 Å². The molecule has 0 aliphatic heterocycles. The van der Waals surface area contributed by atoms with Crippen LogP contribution in [0.3, 0.4) is 0 Å². The van der Waals surface area contributed by atoms with Crippen LogP contribution in [0.25, 0.3) is 0 Å². The normalized spacial score (nSPS) is 16.7. The molecule has 102 valence electrons. The Labute approximate surface area is 112 Å². The van der Waals surface area contributed by atoms with Crippen LogP contribution in [0.1, 0.15) is 32.4 Å². The van der Waals surface area contributed by atoms with E-state index in [2.05, 4.69) is 4.98 Å². The molecule has 7 heteroatoms. The Morgan fingerprint density at radius 3 is 2.50 bits per heavy atom. The monoisotopic (exact) mass is 289 g/mol. The van der Waals surface area contributed by atoms with Crippen LogP contribution in [0.2, 0.25) is 0 Å². The molecule has 1 fully saturated rings. The Morgan fingerprint density at radius 1 is 1.50 bits per heavy atom. The molecule has 0 saturated heterocycles. The van der Waals surface area contributed by atoms with Crippen LogP contribution in [0.4, 0.5) is 5.13 Å². The van der Waals surface area contributed by atoms with Gasteiger partial charge in [-0.05, 0) is 39.5 Å². The standard InChI is InChI=1S/C11H19N3O2S2/c1-7(2)14(6-9-4-5-9)18(15,16)10-8(3)13-11(12)17-10/h7,9H,4-6H2,1-3H3,(H2,12,13). The molecule has 1 heterocycles. The number of rotatable bonds is 5. The van der Waals surface area contributed by atoms with Gasteiger partial charge in [-0.15, -0.1) is 0 Å². The lowest BCUT2D eigenvalue weighted by Crippen LogP contribution is -2.38. The quantitative estimate of drug-likeness (QED) is 0.897. The number of thiazole rings is 1. The number of nitrogen functional groups attached to an aromatic ring is 1. The molecular weight excluding hydrogens is 270 g/mol. The van der Waals surface area contributed by atoms with E-state index < -0.39 is 10.0 Å². The van der Waals surface area contributed by atoms with E-state index in [9.17, 15) is 8.42 Å². The predicted octanol–water partition coefficient (Wildman–Crippen LogP) is 1.84. The summed E-state index contributed by atoms with van der Waals surface area (Å²) in [5, 5.41) is 0.307. The third-order valence-corrected chi connectivity index (χ3v) is 6.64. The van der Waals surface area contributed by atoms with Crippen molar-refractivity contribution < 1.29 is 8.42 Å². The average molecular weight is 289 g/mol. The largest absolute Gasteiger partial charge is 0.375 e. The second-order valence-corrected chi connectivity index (χ2v) is 8.15. The number of aromatic nitrogens is 1. The molecule has 1 aromatic heterocycles. The number of nitrogens with zero attached hydrogens (tertiary/aromatic N) is 2. The van der Waals surface area contributed by atoms with Gasteiger partial charge in [-0.3, -0.25) is 0 Å². The van der Waals surface area contributed by atoms with Crippen LogP contribution in [-0.4, -0.2) is 30.3 Å². The molecule has 0 radical (unpaired) electrons. The van der Waals surface area contributed by atoms with Gasteiger partial charge in [-0.25, -0.2) is 13.4 Å². The summed E-state index contributed by atoms with van der Waals surface area (Å²) >= 11 is 1.05. The summed E-state index contributed by atoms with van der Waals surface area (Å²) in [4.78, 5) is 4.00. The van der Waals surface area contributed by atoms with Gasteiger partial charge in [0, 0.05) is 12.6 Å². The highest BCUT2D eigenvalue weighted by atomic mass is 32.2. The zero-order valence-corrected chi connectivity index (χ0v) is 12.5. The molecule has 2 rings (SSSR count). The fraction of sp³-hybridized carbons (Fsp3) is 0.727. The highest BCUT2D eigenvalue weighted by Gasteiger charge is 2.35. The van der Waals surface area contributed by atoms with Crippen LogP contribution in [0.15, 0.2) is 4.21 Å². The van der Waals surface area contributed by atoms with Crippen molar-refractivity contribution in [1.82, 2.24) is 9.29 Å². The maximum atomic E-state index is 12.6. The van der Waals surface area contributed by atoms with E-state index in [1.165, 1.54) is 0 Å². The molecule has 2 N–H and O–H groups in total. The smallest absolute Gasteiger partial charge is 0.254 e. The van der Waals surface area contributed by atoms with E-state index in [0.717, 1.165) is 24.2 Å². The fourth-order valence-electron chi connectivity index (χ4n) is 1.89. The summed E-state index contributed by atoms with van der Waals surface area (Å²) in [5.74, 6) is 0.521.